The summed E-state index contributed by atoms with van der Waals surface area (Å²) in [5.41, 5.74) is -0.818. The van der Waals surface area contributed by atoms with Gasteiger partial charge in [0.2, 0.25) is 0 Å². The molecule has 4 aliphatic rings. The van der Waals surface area contributed by atoms with Gasteiger partial charge in [0.25, 0.3) is 5.91 Å². The number of esters is 1. The van der Waals surface area contributed by atoms with Crippen LogP contribution in [0.4, 0.5) is 5.69 Å². The van der Waals surface area contributed by atoms with Crippen molar-refractivity contribution < 1.29 is 24.2 Å². The molecule has 5 atom stereocenters. The Bertz CT molecular complexity index is 747. The summed E-state index contributed by atoms with van der Waals surface area (Å²) in [6, 6.07) is 7.10. The van der Waals surface area contributed by atoms with Crippen LogP contribution in [0.1, 0.15) is 45.4 Å². The van der Waals surface area contributed by atoms with E-state index in [9.17, 15) is 14.7 Å². The molecule has 1 aromatic carbocycles. The lowest BCUT2D eigenvalue weighted by atomic mass is 9.48. The van der Waals surface area contributed by atoms with Crippen molar-refractivity contribution in [3.05, 3.63) is 24.3 Å². The van der Waals surface area contributed by atoms with Crippen LogP contribution in [0.3, 0.4) is 0 Å². The summed E-state index contributed by atoms with van der Waals surface area (Å²) >= 11 is 0. The standard InChI is InChI=1S/C21H27NO5/c1-13(18(23)22-16-5-3-4-6-17(16)26-2)27-19(24)20-8-14-7-15(9-20)11-21(25,10-14)12-20/h3-6,13-15,25H,7-12H2,1-2H3,(H,22,23)/t13-,14-,15+,20?,21?/m1/s1. The van der Waals surface area contributed by atoms with Crippen molar-refractivity contribution in [1.29, 1.82) is 0 Å². The monoisotopic (exact) mass is 373 g/mol. The van der Waals surface area contributed by atoms with Gasteiger partial charge in [-0.1, -0.05) is 12.1 Å². The number of hydrogen-bond acceptors (Lipinski definition) is 5. The van der Waals surface area contributed by atoms with Gasteiger partial charge in [-0.15, -0.1) is 0 Å². The number of carbonyl (C=O) groups is 2. The first-order chi connectivity index (χ1) is 12.8. The van der Waals surface area contributed by atoms with E-state index in [1.165, 1.54) is 7.11 Å². The van der Waals surface area contributed by atoms with E-state index in [1.807, 2.05) is 6.07 Å². The number of aliphatic hydroxyl groups is 1. The Morgan fingerprint density at radius 1 is 1.19 bits per heavy atom. The SMILES string of the molecule is COc1ccccc1NC(=O)[C@@H](C)OC(=O)C12C[C@@H]3C[C@@H](CC(O)(C3)C1)C2. The average Bonchev–Trinajstić information content (AvgIpc) is 2.60. The molecule has 27 heavy (non-hydrogen) atoms. The third-order valence-electron chi connectivity index (χ3n) is 6.48. The molecule has 146 valence electrons. The zero-order valence-corrected chi connectivity index (χ0v) is 15.9. The zero-order chi connectivity index (χ0) is 19.2. The van der Waals surface area contributed by atoms with Crippen LogP contribution in [0.25, 0.3) is 0 Å². The lowest BCUT2D eigenvalue weighted by Gasteiger charge is -2.58. The highest BCUT2D eigenvalue weighted by molar-refractivity contribution is 5.96. The molecule has 0 radical (unpaired) electrons. The van der Waals surface area contributed by atoms with Crippen molar-refractivity contribution in [3.8, 4) is 5.75 Å². The predicted octanol–water partition coefficient (Wildman–Crippen LogP) is 2.90. The summed E-state index contributed by atoms with van der Waals surface area (Å²) < 4.78 is 10.8. The first-order valence-electron chi connectivity index (χ1n) is 9.70. The maximum absolute atomic E-state index is 13.0. The lowest BCUT2D eigenvalue weighted by molar-refractivity contribution is -0.199. The maximum atomic E-state index is 13.0. The third-order valence-corrected chi connectivity index (χ3v) is 6.48. The molecule has 6 nitrogen and oxygen atoms in total. The second-order valence-electron chi connectivity index (χ2n) is 8.70. The van der Waals surface area contributed by atoms with Gasteiger partial charge < -0.3 is 19.9 Å². The van der Waals surface area contributed by atoms with Crippen LogP contribution in [-0.4, -0.2) is 35.8 Å². The van der Waals surface area contributed by atoms with Crippen molar-refractivity contribution in [2.45, 2.75) is 57.2 Å². The number of amides is 1. The third kappa shape index (κ3) is 3.31. The smallest absolute Gasteiger partial charge is 0.312 e. The number of para-hydroxylation sites is 2. The Hall–Kier alpha value is -2.08. The molecule has 1 amide bonds. The minimum absolute atomic E-state index is 0.335. The van der Waals surface area contributed by atoms with E-state index >= 15 is 0 Å². The van der Waals surface area contributed by atoms with Gasteiger partial charge >= 0.3 is 5.97 Å². The van der Waals surface area contributed by atoms with E-state index in [4.69, 9.17) is 9.47 Å². The van der Waals surface area contributed by atoms with Gasteiger partial charge in [0.1, 0.15) is 5.75 Å². The van der Waals surface area contributed by atoms with Crippen molar-refractivity contribution in [2.24, 2.45) is 17.3 Å². The molecule has 0 aliphatic heterocycles. The van der Waals surface area contributed by atoms with Gasteiger partial charge in [-0.2, -0.15) is 0 Å². The highest BCUT2D eigenvalue weighted by Crippen LogP contribution is 2.62. The molecule has 0 aromatic heterocycles. The molecule has 0 heterocycles. The molecule has 4 fully saturated rings. The first-order valence-corrected chi connectivity index (χ1v) is 9.70. The molecule has 0 spiro atoms. The molecular formula is C21H27NO5. The number of methoxy groups -OCH3 is 1. The summed E-state index contributed by atoms with van der Waals surface area (Å²) in [4.78, 5) is 25.5. The van der Waals surface area contributed by atoms with Gasteiger partial charge in [-0.05, 0) is 69.4 Å². The average molecular weight is 373 g/mol. The van der Waals surface area contributed by atoms with Gasteiger partial charge in [0, 0.05) is 0 Å². The fourth-order valence-corrected chi connectivity index (χ4v) is 5.77. The van der Waals surface area contributed by atoms with Gasteiger partial charge in [-0.3, -0.25) is 9.59 Å². The van der Waals surface area contributed by atoms with E-state index in [2.05, 4.69) is 5.32 Å². The van der Waals surface area contributed by atoms with Crippen molar-refractivity contribution in [2.75, 3.05) is 12.4 Å². The van der Waals surface area contributed by atoms with E-state index in [-0.39, 0.29) is 5.97 Å². The zero-order valence-electron chi connectivity index (χ0n) is 15.9. The molecule has 1 aromatic rings. The normalized spacial score (nSPS) is 34.8. The molecule has 4 bridgehead atoms. The van der Waals surface area contributed by atoms with E-state index in [0.29, 0.717) is 29.7 Å². The summed E-state index contributed by atoms with van der Waals surface area (Å²) in [5.74, 6) is 0.602. The Labute approximate surface area is 159 Å². The van der Waals surface area contributed by atoms with Crippen LogP contribution >= 0.6 is 0 Å². The number of carbonyl (C=O) groups excluding carboxylic acids is 2. The molecule has 4 aliphatic carbocycles. The summed E-state index contributed by atoms with van der Waals surface area (Å²) in [5, 5.41) is 13.6. The minimum Gasteiger partial charge on any atom is -0.495 e. The lowest BCUT2D eigenvalue weighted by Crippen LogP contribution is -2.59. The maximum Gasteiger partial charge on any atom is 0.312 e. The first kappa shape index (κ1) is 18.3. The van der Waals surface area contributed by atoms with Gasteiger partial charge in [-0.25, -0.2) is 0 Å². The number of anilines is 1. The second kappa shape index (κ2) is 6.51. The van der Waals surface area contributed by atoms with E-state index < -0.39 is 23.0 Å². The van der Waals surface area contributed by atoms with E-state index in [1.54, 1.807) is 25.1 Å². The number of ether oxygens (including phenoxy) is 2. The second-order valence-corrected chi connectivity index (χ2v) is 8.70. The number of rotatable bonds is 5. The van der Waals surface area contributed by atoms with Crippen LogP contribution < -0.4 is 10.1 Å². The quantitative estimate of drug-likeness (QED) is 0.775. The molecule has 4 saturated carbocycles. The van der Waals surface area contributed by atoms with Crippen LogP contribution in [0, 0.1) is 17.3 Å². The number of hydrogen-bond donors (Lipinski definition) is 2. The highest BCUT2D eigenvalue weighted by Gasteiger charge is 2.61. The Kier molecular flexibility index (Phi) is 4.41. The highest BCUT2D eigenvalue weighted by atomic mass is 16.5. The van der Waals surface area contributed by atoms with Crippen LogP contribution in [-0.2, 0) is 14.3 Å². The molecular weight excluding hydrogens is 346 g/mol. The topological polar surface area (TPSA) is 84.9 Å². The summed E-state index contributed by atoms with van der Waals surface area (Å²) in [6.45, 7) is 1.58. The summed E-state index contributed by atoms with van der Waals surface area (Å²) in [6.07, 6.45) is 3.78. The Balaban J connectivity index is 1.43. The van der Waals surface area contributed by atoms with Gasteiger partial charge in [0.15, 0.2) is 6.10 Å². The Morgan fingerprint density at radius 2 is 1.85 bits per heavy atom. The molecule has 6 heteroatoms. The molecule has 2 unspecified atom stereocenters. The molecule has 5 rings (SSSR count). The van der Waals surface area contributed by atoms with E-state index in [0.717, 1.165) is 32.1 Å². The van der Waals surface area contributed by atoms with Gasteiger partial charge in [0.05, 0.1) is 23.8 Å². The Morgan fingerprint density at radius 3 is 2.48 bits per heavy atom. The fourth-order valence-electron chi connectivity index (χ4n) is 5.77. The molecule has 2 N–H and O–H groups in total. The summed E-state index contributed by atoms with van der Waals surface area (Å²) in [7, 11) is 1.53. The van der Waals surface area contributed by atoms with Crippen molar-refractivity contribution in [3.63, 3.8) is 0 Å². The largest absolute Gasteiger partial charge is 0.495 e. The fraction of sp³-hybridized carbons (Fsp3) is 0.619. The van der Waals surface area contributed by atoms with Crippen LogP contribution in [0.15, 0.2) is 24.3 Å². The predicted molar refractivity (Wildman–Crippen MR) is 99.2 cm³/mol. The number of benzene rings is 1. The van der Waals surface area contributed by atoms with Crippen molar-refractivity contribution >= 4 is 17.6 Å². The van der Waals surface area contributed by atoms with Crippen LogP contribution in [0.2, 0.25) is 0 Å². The van der Waals surface area contributed by atoms with Crippen molar-refractivity contribution in [1.82, 2.24) is 0 Å². The molecule has 0 saturated heterocycles. The van der Waals surface area contributed by atoms with Crippen LogP contribution in [0.5, 0.6) is 5.75 Å². The number of nitrogens with one attached hydrogen (secondary N) is 1. The minimum atomic E-state index is -0.912.